The van der Waals surface area contributed by atoms with E-state index in [4.69, 9.17) is 31.2 Å². The predicted molar refractivity (Wildman–Crippen MR) is 178 cm³/mol. The number of rotatable bonds is 13. The molecule has 0 spiro atoms. The third kappa shape index (κ3) is 7.67. The second-order valence-corrected chi connectivity index (χ2v) is 11.8. The van der Waals surface area contributed by atoms with Crippen LogP contribution in [0.5, 0.6) is 5.75 Å². The summed E-state index contributed by atoms with van der Waals surface area (Å²) in [6.07, 6.45) is 0.334. The number of nitrogens with one attached hydrogen (secondary N) is 1. The molecule has 2 N–H and O–H groups in total. The molecule has 4 aromatic carbocycles. The molecule has 4 aromatic rings. The smallest absolute Gasteiger partial charge is 0.252 e. The first-order chi connectivity index (χ1) is 21.9. The Morgan fingerprint density at radius 1 is 1.07 bits per heavy atom. The van der Waals surface area contributed by atoms with E-state index in [2.05, 4.69) is 31.3 Å². The van der Waals surface area contributed by atoms with Crippen LogP contribution in [0.15, 0.2) is 112 Å². The van der Waals surface area contributed by atoms with E-state index >= 15 is 0 Å². The zero-order chi connectivity index (χ0) is 31.6. The largest absolute Gasteiger partial charge is 0.494 e. The molecule has 0 fully saturated rings. The second kappa shape index (κ2) is 15.1. The minimum absolute atomic E-state index is 0.0440. The van der Waals surface area contributed by atoms with Crippen LogP contribution in [-0.2, 0) is 22.4 Å². The first-order valence-corrected chi connectivity index (χ1v) is 15.6. The molecule has 0 aromatic heterocycles. The summed E-state index contributed by atoms with van der Waals surface area (Å²) in [5, 5.41) is 16.7. The standard InChI is InChI=1S/C34H31BrClN5O4/c35-26-14-10-23(11-15-26)22-34(33(43)38-19-18-24-6-1-3-8-29(24)36)31(28-7-2-4-9-30(28)40-41-37)45-32(39-34)25-12-16-27(17-13-25)44-21-5-20-42/h1-4,6-17,31,42H,5,18-22H2,(H,38,43)/t31-,34-/m1/s1. The van der Waals surface area contributed by atoms with Crippen LogP contribution in [0.3, 0.4) is 0 Å². The zero-order valence-corrected chi connectivity index (χ0v) is 26.6. The number of halogens is 2. The van der Waals surface area contributed by atoms with Crippen molar-refractivity contribution >= 4 is 45.0 Å². The lowest BCUT2D eigenvalue weighted by Crippen LogP contribution is -2.50. The number of hydrogen-bond donors (Lipinski definition) is 2. The number of aliphatic hydroxyl groups is 1. The molecule has 1 amide bonds. The van der Waals surface area contributed by atoms with Crippen LogP contribution in [-0.4, -0.2) is 42.2 Å². The van der Waals surface area contributed by atoms with Gasteiger partial charge in [-0.25, -0.2) is 4.99 Å². The number of aliphatic imine (C=N–C) groups is 1. The highest BCUT2D eigenvalue weighted by atomic mass is 79.9. The molecule has 45 heavy (non-hydrogen) atoms. The fourth-order valence-electron chi connectivity index (χ4n) is 5.19. The van der Waals surface area contributed by atoms with Crippen LogP contribution in [0.1, 0.15) is 34.8 Å². The van der Waals surface area contributed by atoms with Crippen LogP contribution in [0.2, 0.25) is 5.02 Å². The Bertz CT molecular complexity index is 1710. The first-order valence-electron chi connectivity index (χ1n) is 14.4. The molecule has 5 rings (SSSR count). The summed E-state index contributed by atoms with van der Waals surface area (Å²) in [5.74, 6) is 0.572. The van der Waals surface area contributed by atoms with Crippen LogP contribution < -0.4 is 10.1 Å². The second-order valence-electron chi connectivity index (χ2n) is 10.4. The predicted octanol–water partition coefficient (Wildman–Crippen LogP) is 7.66. The van der Waals surface area contributed by atoms with Gasteiger partial charge in [-0.05, 0) is 65.5 Å². The number of carbonyl (C=O) groups is 1. The van der Waals surface area contributed by atoms with Gasteiger partial charge in [-0.3, -0.25) is 4.79 Å². The molecule has 2 atom stereocenters. The average molecular weight is 689 g/mol. The van der Waals surface area contributed by atoms with Crippen molar-refractivity contribution in [2.75, 3.05) is 19.8 Å². The van der Waals surface area contributed by atoms with Crippen LogP contribution >= 0.6 is 27.5 Å². The van der Waals surface area contributed by atoms with Crippen LogP contribution in [0.4, 0.5) is 5.69 Å². The maximum absolute atomic E-state index is 14.5. The van der Waals surface area contributed by atoms with Crippen molar-refractivity contribution in [3.63, 3.8) is 0 Å². The molecule has 1 aliphatic heterocycles. The molecule has 230 valence electrons. The van der Waals surface area contributed by atoms with Crippen molar-refractivity contribution in [1.82, 2.24) is 5.32 Å². The average Bonchev–Trinajstić information content (AvgIpc) is 3.44. The van der Waals surface area contributed by atoms with Gasteiger partial charge in [0.05, 0.1) is 6.61 Å². The molecule has 1 aliphatic rings. The number of amides is 1. The van der Waals surface area contributed by atoms with E-state index in [0.29, 0.717) is 53.6 Å². The molecular weight excluding hydrogens is 658 g/mol. The normalized spacial score (nSPS) is 17.1. The van der Waals surface area contributed by atoms with Gasteiger partial charge in [-0.1, -0.05) is 87.2 Å². The van der Waals surface area contributed by atoms with Gasteiger partial charge >= 0.3 is 0 Å². The van der Waals surface area contributed by atoms with Gasteiger partial charge in [0.1, 0.15) is 5.75 Å². The van der Waals surface area contributed by atoms with E-state index in [0.717, 1.165) is 15.6 Å². The number of carbonyl (C=O) groups excluding carboxylic acids is 1. The molecule has 0 aliphatic carbocycles. The Morgan fingerprint density at radius 3 is 2.53 bits per heavy atom. The number of hydrogen-bond acceptors (Lipinski definition) is 6. The highest BCUT2D eigenvalue weighted by Crippen LogP contribution is 2.45. The Labute approximate surface area is 274 Å². The SMILES string of the molecule is [N-]=[N+]=Nc1ccccc1[C@H]1OC(c2ccc(OCCCO)cc2)=N[C@@]1(Cc1ccc(Br)cc1)C(=O)NCCc1ccccc1Cl. The molecule has 1 heterocycles. The van der Waals surface area contributed by atoms with Gasteiger partial charge in [0, 0.05) is 57.2 Å². The summed E-state index contributed by atoms with van der Waals surface area (Å²) in [6.45, 7) is 0.749. The third-order valence-electron chi connectivity index (χ3n) is 7.43. The van der Waals surface area contributed by atoms with Crippen molar-refractivity contribution in [2.45, 2.75) is 30.9 Å². The van der Waals surface area contributed by atoms with Gasteiger partial charge in [0.15, 0.2) is 11.6 Å². The van der Waals surface area contributed by atoms with Gasteiger partial charge in [-0.2, -0.15) is 0 Å². The quantitative estimate of drug-likeness (QED) is 0.0647. The summed E-state index contributed by atoms with van der Waals surface area (Å²) in [4.78, 5) is 22.5. The lowest BCUT2D eigenvalue weighted by molar-refractivity contribution is -0.128. The van der Waals surface area contributed by atoms with Gasteiger partial charge < -0.3 is 19.9 Å². The fourth-order valence-corrected chi connectivity index (χ4v) is 5.68. The highest BCUT2D eigenvalue weighted by molar-refractivity contribution is 9.10. The van der Waals surface area contributed by atoms with E-state index in [-0.39, 0.29) is 24.8 Å². The number of azide groups is 1. The Balaban J connectivity index is 1.56. The fraction of sp³-hybridized carbons (Fsp3) is 0.235. The minimum atomic E-state index is -1.46. The number of nitrogens with zero attached hydrogens (tertiary/aromatic N) is 4. The van der Waals surface area contributed by atoms with Crippen molar-refractivity contribution in [2.24, 2.45) is 10.1 Å². The summed E-state index contributed by atoms with van der Waals surface area (Å²) in [5.41, 5.74) is 11.2. The molecule has 11 heteroatoms. The molecule has 0 radical (unpaired) electrons. The zero-order valence-electron chi connectivity index (χ0n) is 24.3. The first kappa shape index (κ1) is 32.1. The highest BCUT2D eigenvalue weighted by Gasteiger charge is 2.53. The maximum atomic E-state index is 14.5. The van der Waals surface area contributed by atoms with Crippen molar-refractivity contribution in [1.29, 1.82) is 0 Å². The summed E-state index contributed by atoms with van der Waals surface area (Å²) in [7, 11) is 0. The van der Waals surface area contributed by atoms with Gasteiger partial charge in [0.25, 0.3) is 5.91 Å². The van der Waals surface area contributed by atoms with E-state index < -0.39 is 11.6 Å². The molecule has 0 unspecified atom stereocenters. The van der Waals surface area contributed by atoms with E-state index in [9.17, 15) is 10.3 Å². The molecule has 0 saturated heterocycles. The Morgan fingerprint density at radius 2 is 1.80 bits per heavy atom. The summed E-state index contributed by atoms with van der Waals surface area (Å²) in [6, 6.07) is 29.5. The number of aliphatic hydroxyl groups excluding tert-OH is 1. The molecular formula is C34H31BrClN5O4. The molecule has 0 bridgehead atoms. The lowest BCUT2D eigenvalue weighted by atomic mass is 9.81. The number of benzene rings is 4. The van der Waals surface area contributed by atoms with Crippen molar-refractivity contribution < 1.29 is 19.4 Å². The monoisotopic (exact) mass is 687 g/mol. The van der Waals surface area contributed by atoms with Crippen LogP contribution in [0, 0.1) is 0 Å². The number of ether oxygens (including phenoxy) is 2. The maximum Gasteiger partial charge on any atom is 0.252 e. The summed E-state index contributed by atoms with van der Waals surface area (Å²) >= 11 is 9.87. The van der Waals surface area contributed by atoms with E-state index in [1.54, 1.807) is 30.3 Å². The lowest BCUT2D eigenvalue weighted by Gasteiger charge is -2.31. The Kier molecular flexibility index (Phi) is 10.8. The molecule has 9 nitrogen and oxygen atoms in total. The van der Waals surface area contributed by atoms with E-state index in [1.807, 2.05) is 66.7 Å². The molecule has 0 saturated carbocycles. The third-order valence-corrected chi connectivity index (χ3v) is 8.32. The van der Waals surface area contributed by atoms with Crippen molar-refractivity contribution in [3.05, 3.63) is 139 Å². The van der Waals surface area contributed by atoms with Gasteiger partial charge in [0.2, 0.25) is 5.90 Å². The van der Waals surface area contributed by atoms with Crippen molar-refractivity contribution in [3.8, 4) is 5.75 Å². The van der Waals surface area contributed by atoms with Gasteiger partial charge in [-0.15, -0.1) is 0 Å². The summed E-state index contributed by atoms with van der Waals surface area (Å²) < 4.78 is 13.2. The van der Waals surface area contributed by atoms with E-state index in [1.165, 1.54) is 0 Å². The topological polar surface area (TPSA) is 129 Å². The minimum Gasteiger partial charge on any atom is -0.494 e. The van der Waals surface area contributed by atoms with Crippen LogP contribution in [0.25, 0.3) is 10.4 Å². The Hall–Kier alpha value is -4.34.